The highest BCUT2D eigenvalue weighted by atomic mass is 16.4. The first-order valence-corrected chi connectivity index (χ1v) is 5.49. The average molecular weight is 221 g/mol. The van der Waals surface area contributed by atoms with Crippen molar-refractivity contribution in [3.05, 3.63) is 66.0 Å². The molecule has 0 spiro atoms. The van der Waals surface area contributed by atoms with Crippen molar-refractivity contribution in [3.63, 3.8) is 0 Å². The first kappa shape index (κ1) is 9.85. The molecule has 0 radical (unpaired) electrons. The Balaban J connectivity index is 2.71. The molecule has 0 fully saturated rings. The molecule has 0 aromatic heterocycles. The summed E-state index contributed by atoms with van der Waals surface area (Å²) in [5.74, 6) is 0. The molecule has 0 saturated carbocycles. The van der Waals surface area contributed by atoms with E-state index >= 15 is 0 Å². The number of hydrogen-bond acceptors (Lipinski definition) is 2. The fraction of sp³-hybridized carbons (Fsp3) is 0. The lowest BCUT2D eigenvalue weighted by molar-refractivity contribution is 0.304. The van der Waals surface area contributed by atoms with Crippen molar-refractivity contribution in [2.75, 3.05) is 0 Å². The van der Waals surface area contributed by atoms with Gasteiger partial charge in [0.2, 0.25) is 0 Å². The number of benzene rings is 2. The van der Waals surface area contributed by atoms with Crippen molar-refractivity contribution < 1.29 is 5.21 Å². The van der Waals surface area contributed by atoms with Crippen molar-refractivity contribution in [1.29, 1.82) is 0 Å². The SMILES string of the molecule is ON=c1c2ccccc2ccc2ccccc12. The van der Waals surface area contributed by atoms with E-state index in [4.69, 9.17) is 0 Å². The van der Waals surface area contributed by atoms with Crippen molar-refractivity contribution in [1.82, 2.24) is 0 Å². The Kier molecular flexibility index (Phi) is 2.26. The second kappa shape index (κ2) is 3.91. The van der Waals surface area contributed by atoms with Gasteiger partial charge in [0.25, 0.3) is 0 Å². The fourth-order valence-corrected chi connectivity index (χ4v) is 2.15. The highest BCUT2D eigenvalue weighted by Gasteiger charge is 1.99. The molecule has 0 heterocycles. The summed E-state index contributed by atoms with van der Waals surface area (Å²) in [7, 11) is 0. The maximum absolute atomic E-state index is 9.27. The highest BCUT2D eigenvalue weighted by Crippen LogP contribution is 2.14. The number of rotatable bonds is 0. The molecule has 0 unspecified atom stereocenters. The van der Waals surface area contributed by atoms with Gasteiger partial charge in [-0.05, 0) is 10.8 Å². The third-order valence-electron chi connectivity index (χ3n) is 2.97. The highest BCUT2D eigenvalue weighted by molar-refractivity contribution is 5.92. The quantitative estimate of drug-likeness (QED) is 0.458. The summed E-state index contributed by atoms with van der Waals surface area (Å²) in [5.41, 5.74) is 0. The van der Waals surface area contributed by atoms with E-state index in [0.717, 1.165) is 21.5 Å². The Labute approximate surface area is 98.4 Å². The van der Waals surface area contributed by atoms with Gasteiger partial charge in [0.15, 0.2) is 0 Å². The summed E-state index contributed by atoms with van der Waals surface area (Å²) >= 11 is 0. The molecule has 0 atom stereocenters. The minimum Gasteiger partial charge on any atom is -0.410 e. The molecule has 0 aliphatic carbocycles. The first-order chi connectivity index (χ1) is 8.40. The summed E-state index contributed by atoms with van der Waals surface area (Å²) in [5, 5.41) is 17.4. The maximum atomic E-state index is 9.27. The minimum absolute atomic E-state index is 0.626. The van der Waals surface area contributed by atoms with E-state index in [9.17, 15) is 5.21 Å². The zero-order chi connectivity index (χ0) is 11.7. The topological polar surface area (TPSA) is 32.6 Å². The standard InChI is InChI=1S/C15H11NO/c17-16-15-13-7-3-1-5-11(13)9-10-12-6-2-4-8-14(12)15/h1-10,17H. The van der Waals surface area contributed by atoms with Crippen LogP contribution in [-0.2, 0) is 0 Å². The summed E-state index contributed by atoms with van der Waals surface area (Å²) < 4.78 is 0. The first-order valence-electron chi connectivity index (χ1n) is 5.49. The van der Waals surface area contributed by atoms with E-state index in [0.29, 0.717) is 5.36 Å². The molecule has 0 bridgehead atoms. The van der Waals surface area contributed by atoms with Crippen LogP contribution in [0.3, 0.4) is 0 Å². The molecule has 17 heavy (non-hydrogen) atoms. The van der Waals surface area contributed by atoms with Crippen LogP contribution in [0, 0.1) is 0 Å². The van der Waals surface area contributed by atoms with E-state index < -0.39 is 0 Å². The van der Waals surface area contributed by atoms with Gasteiger partial charge in [-0.3, -0.25) is 0 Å². The molecule has 0 amide bonds. The van der Waals surface area contributed by atoms with Gasteiger partial charge in [-0.1, -0.05) is 65.8 Å². The van der Waals surface area contributed by atoms with Crippen molar-refractivity contribution in [3.8, 4) is 0 Å². The van der Waals surface area contributed by atoms with Gasteiger partial charge in [-0.2, -0.15) is 0 Å². The lowest BCUT2D eigenvalue weighted by Gasteiger charge is -1.93. The Bertz CT molecular complexity index is 701. The van der Waals surface area contributed by atoms with Crippen molar-refractivity contribution >= 4 is 21.5 Å². The Morgan fingerprint density at radius 1 is 0.647 bits per heavy atom. The van der Waals surface area contributed by atoms with Gasteiger partial charge in [-0.15, -0.1) is 0 Å². The van der Waals surface area contributed by atoms with E-state index in [2.05, 4.69) is 5.16 Å². The van der Waals surface area contributed by atoms with E-state index in [1.165, 1.54) is 0 Å². The summed E-state index contributed by atoms with van der Waals surface area (Å²) in [6.45, 7) is 0. The molecule has 1 N–H and O–H groups in total. The third-order valence-corrected chi connectivity index (χ3v) is 2.97. The Morgan fingerprint density at radius 2 is 1.12 bits per heavy atom. The predicted molar refractivity (Wildman–Crippen MR) is 68.8 cm³/mol. The second-order valence-electron chi connectivity index (χ2n) is 3.96. The van der Waals surface area contributed by atoms with Gasteiger partial charge >= 0.3 is 0 Å². The molecule has 0 aliphatic heterocycles. The van der Waals surface area contributed by atoms with Gasteiger partial charge in [-0.25, -0.2) is 0 Å². The lowest BCUT2D eigenvalue weighted by Crippen LogP contribution is -2.01. The second-order valence-corrected chi connectivity index (χ2v) is 3.96. The zero-order valence-electron chi connectivity index (χ0n) is 9.17. The van der Waals surface area contributed by atoms with Crippen LogP contribution >= 0.6 is 0 Å². The molecule has 0 saturated heterocycles. The van der Waals surface area contributed by atoms with Gasteiger partial charge in [0, 0.05) is 10.8 Å². The largest absolute Gasteiger partial charge is 0.410 e. The molecule has 2 heteroatoms. The smallest absolute Gasteiger partial charge is 0.118 e. The average Bonchev–Trinajstić information content (AvgIpc) is 2.55. The predicted octanol–water partition coefficient (Wildman–Crippen LogP) is 3.28. The zero-order valence-corrected chi connectivity index (χ0v) is 9.17. The molecule has 3 rings (SSSR count). The molecule has 3 aromatic carbocycles. The molecular formula is C15H11NO. The van der Waals surface area contributed by atoms with E-state index in [1.54, 1.807) is 0 Å². The van der Waals surface area contributed by atoms with Crippen molar-refractivity contribution in [2.24, 2.45) is 5.16 Å². The van der Waals surface area contributed by atoms with Crippen LogP contribution in [0.15, 0.2) is 65.8 Å². The summed E-state index contributed by atoms with van der Waals surface area (Å²) in [6.07, 6.45) is 0. The van der Waals surface area contributed by atoms with Gasteiger partial charge in [0.1, 0.15) is 5.36 Å². The van der Waals surface area contributed by atoms with E-state index in [-0.39, 0.29) is 0 Å². The number of hydrogen-bond donors (Lipinski definition) is 1. The lowest BCUT2D eigenvalue weighted by atomic mass is 10.1. The van der Waals surface area contributed by atoms with Crippen LogP contribution in [0.1, 0.15) is 0 Å². The van der Waals surface area contributed by atoms with Gasteiger partial charge < -0.3 is 5.21 Å². The molecule has 2 nitrogen and oxygen atoms in total. The Hall–Kier alpha value is -2.35. The van der Waals surface area contributed by atoms with Crippen LogP contribution in [0.5, 0.6) is 0 Å². The summed E-state index contributed by atoms with van der Waals surface area (Å²) in [6, 6.07) is 19.9. The number of fused-ring (bicyclic) bond motifs is 2. The number of nitrogens with zero attached hydrogens (tertiary/aromatic N) is 1. The Morgan fingerprint density at radius 3 is 1.59 bits per heavy atom. The summed E-state index contributed by atoms with van der Waals surface area (Å²) in [4.78, 5) is 0. The normalized spacial score (nSPS) is 10.6. The van der Waals surface area contributed by atoms with Crippen LogP contribution in [0.2, 0.25) is 0 Å². The molecule has 0 aliphatic rings. The molecular weight excluding hydrogens is 210 g/mol. The van der Waals surface area contributed by atoms with Crippen LogP contribution in [-0.4, -0.2) is 5.21 Å². The molecule has 82 valence electrons. The fourth-order valence-electron chi connectivity index (χ4n) is 2.15. The third kappa shape index (κ3) is 1.54. The van der Waals surface area contributed by atoms with E-state index in [1.807, 2.05) is 60.7 Å². The minimum atomic E-state index is 0.626. The van der Waals surface area contributed by atoms with Crippen molar-refractivity contribution in [2.45, 2.75) is 0 Å². The van der Waals surface area contributed by atoms with Crippen LogP contribution < -0.4 is 5.36 Å². The van der Waals surface area contributed by atoms with Crippen LogP contribution in [0.4, 0.5) is 0 Å². The van der Waals surface area contributed by atoms with Gasteiger partial charge in [0.05, 0.1) is 0 Å². The maximum Gasteiger partial charge on any atom is 0.118 e. The molecule has 3 aromatic rings. The van der Waals surface area contributed by atoms with Crippen LogP contribution in [0.25, 0.3) is 21.5 Å². The monoisotopic (exact) mass is 221 g/mol.